The van der Waals surface area contributed by atoms with E-state index in [1.54, 1.807) is 0 Å². The molecule has 160 valence electrons. The van der Waals surface area contributed by atoms with Gasteiger partial charge in [-0.1, -0.05) is 42.6 Å². The number of rotatable bonds is 5. The lowest BCUT2D eigenvalue weighted by molar-refractivity contribution is 0.226. The minimum Gasteiger partial charge on any atom is -0.370 e. The highest BCUT2D eigenvalue weighted by Crippen LogP contribution is 2.24. The number of anilines is 2. The van der Waals surface area contributed by atoms with E-state index in [1.165, 1.54) is 24.9 Å². The van der Waals surface area contributed by atoms with Crippen molar-refractivity contribution in [3.8, 4) is 0 Å². The molecular formula is C24H31ClN4O. The third-order valence-corrected chi connectivity index (χ3v) is 6.43. The summed E-state index contributed by atoms with van der Waals surface area (Å²) in [6.07, 6.45) is 6.84. The van der Waals surface area contributed by atoms with Gasteiger partial charge in [0, 0.05) is 47.6 Å². The maximum atomic E-state index is 12.5. The van der Waals surface area contributed by atoms with Crippen LogP contribution in [-0.4, -0.2) is 37.2 Å². The summed E-state index contributed by atoms with van der Waals surface area (Å²) in [4.78, 5) is 14.9. The molecule has 0 bridgehead atoms. The van der Waals surface area contributed by atoms with Crippen LogP contribution in [0, 0.1) is 0 Å². The van der Waals surface area contributed by atoms with Crippen LogP contribution in [0.25, 0.3) is 0 Å². The van der Waals surface area contributed by atoms with Gasteiger partial charge in [-0.15, -0.1) is 0 Å². The Morgan fingerprint density at radius 3 is 2.40 bits per heavy atom. The molecule has 0 spiro atoms. The van der Waals surface area contributed by atoms with Crippen molar-refractivity contribution in [2.75, 3.05) is 23.3 Å². The van der Waals surface area contributed by atoms with E-state index in [1.807, 2.05) is 42.5 Å². The third-order valence-electron chi connectivity index (χ3n) is 6.18. The Morgan fingerprint density at radius 1 is 0.900 bits per heavy atom. The summed E-state index contributed by atoms with van der Waals surface area (Å²) in [5, 5.41) is 10.8. The molecule has 1 aliphatic carbocycles. The van der Waals surface area contributed by atoms with Crippen molar-refractivity contribution in [3.63, 3.8) is 0 Å². The average molecular weight is 427 g/mol. The summed E-state index contributed by atoms with van der Waals surface area (Å²) < 4.78 is 0. The summed E-state index contributed by atoms with van der Waals surface area (Å²) >= 11 is 6.05. The van der Waals surface area contributed by atoms with Crippen molar-refractivity contribution in [3.05, 3.63) is 59.6 Å². The van der Waals surface area contributed by atoms with Gasteiger partial charge in [0.15, 0.2) is 0 Å². The Balaban J connectivity index is 1.33. The van der Waals surface area contributed by atoms with Crippen molar-refractivity contribution in [1.29, 1.82) is 0 Å². The predicted octanol–water partition coefficient (Wildman–Crippen LogP) is 5.03. The second-order valence-corrected chi connectivity index (χ2v) is 8.83. The zero-order chi connectivity index (χ0) is 20.8. The van der Waals surface area contributed by atoms with Gasteiger partial charge in [0.05, 0.1) is 0 Å². The smallest absolute Gasteiger partial charge is 0.319 e. The van der Waals surface area contributed by atoms with Gasteiger partial charge in [-0.25, -0.2) is 4.79 Å². The minimum atomic E-state index is -0.119. The Bertz CT molecular complexity index is 814. The highest BCUT2D eigenvalue weighted by Gasteiger charge is 2.30. The lowest BCUT2D eigenvalue weighted by Gasteiger charge is -2.40. The topological polar surface area (TPSA) is 56.4 Å². The molecule has 1 aliphatic heterocycles. The number of halogens is 1. The van der Waals surface area contributed by atoms with Crippen molar-refractivity contribution < 1.29 is 4.79 Å². The second kappa shape index (κ2) is 10.2. The minimum absolute atomic E-state index is 0.119. The van der Waals surface area contributed by atoms with Gasteiger partial charge in [0.25, 0.3) is 0 Å². The first kappa shape index (κ1) is 21.0. The van der Waals surface area contributed by atoms with Crippen molar-refractivity contribution in [2.45, 2.75) is 56.7 Å². The van der Waals surface area contributed by atoms with Crippen LogP contribution >= 0.6 is 11.6 Å². The Kier molecular flexibility index (Phi) is 7.13. The number of nitrogens with zero attached hydrogens (tertiary/aromatic N) is 1. The quantitative estimate of drug-likeness (QED) is 0.628. The van der Waals surface area contributed by atoms with E-state index in [9.17, 15) is 4.79 Å². The molecule has 1 heterocycles. The number of carbonyl (C=O) groups excluding carboxylic acids is 1. The highest BCUT2D eigenvalue weighted by molar-refractivity contribution is 6.30. The van der Waals surface area contributed by atoms with Crippen molar-refractivity contribution >= 4 is 29.0 Å². The number of amides is 2. The third kappa shape index (κ3) is 5.67. The molecule has 3 N–H and O–H groups in total. The molecule has 6 heteroatoms. The van der Waals surface area contributed by atoms with Crippen LogP contribution in [0.15, 0.2) is 54.6 Å². The standard InChI is InChI=1S/C24H31ClN4O/c25-18-12-14-21(15-13-18)29-16-6-9-20(17-29)26-22-10-4-5-11-23(22)28-24(30)27-19-7-2-1-3-8-19/h1-3,7-8,12-15,20,22-23,26H,4-6,9-11,16-17H2,(H2,27,28,30)/t20-,22+,23+/m0/s1. The van der Waals surface area contributed by atoms with Crippen LogP contribution < -0.4 is 20.9 Å². The summed E-state index contributed by atoms with van der Waals surface area (Å²) in [5.41, 5.74) is 2.05. The van der Waals surface area contributed by atoms with E-state index in [0.29, 0.717) is 12.1 Å². The molecule has 2 amide bonds. The van der Waals surface area contributed by atoms with E-state index >= 15 is 0 Å². The fraction of sp³-hybridized carbons (Fsp3) is 0.458. The number of hydrogen-bond acceptors (Lipinski definition) is 3. The molecule has 1 saturated carbocycles. The van der Waals surface area contributed by atoms with Gasteiger partial charge < -0.3 is 20.9 Å². The zero-order valence-electron chi connectivity index (χ0n) is 17.3. The van der Waals surface area contributed by atoms with Gasteiger partial charge in [-0.05, 0) is 62.1 Å². The van der Waals surface area contributed by atoms with E-state index in [-0.39, 0.29) is 12.1 Å². The lowest BCUT2D eigenvalue weighted by atomic mass is 9.89. The van der Waals surface area contributed by atoms with Crippen LogP contribution in [-0.2, 0) is 0 Å². The molecule has 2 fully saturated rings. The predicted molar refractivity (Wildman–Crippen MR) is 124 cm³/mol. The van der Waals surface area contributed by atoms with Crippen LogP contribution in [0.4, 0.5) is 16.2 Å². The number of nitrogens with one attached hydrogen (secondary N) is 3. The largest absolute Gasteiger partial charge is 0.370 e. The Morgan fingerprint density at radius 2 is 1.63 bits per heavy atom. The first-order chi connectivity index (χ1) is 14.7. The lowest BCUT2D eigenvalue weighted by Crippen LogP contribution is -2.57. The fourth-order valence-electron chi connectivity index (χ4n) is 4.66. The molecule has 0 aromatic heterocycles. The second-order valence-electron chi connectivity index (χ2n) is 8.39. The molecule has 4 rings (SSSR count). The van der Waals surface area contributed by atoms with Crippen LogP contribution in [0.1, 0.15) is 38.5 Å². The zero-order valence-corrected chi connectivity index (χ0v) is 18.1. The molecule has 30 heavy (non-hydrogen) atoms. The average Bonchev–Trinajstić information content (AvgIpc) is 2.76. The number of carbonyl (C=O) groups is 1. The van der Waals surface area contributed by atoms with E-state index in [4.69, 9.17) is 11.6 Å². The normalized spacial score (nSPS) is 24.3. The van der Waals surface area contributed by atoms with Gasteiger partial charge in [-0.2, -0.15) is 0 Å². The summed E-state index contributed by atoms with van der Waals surface area (Å²) in [6.45, 7) is 2.06. The molecule has 2 aliphatic rings. The maximum absolute atomic E-state index is 12.5. The monoisotopic (exact) mass is 426 g/mol. The van der Waals surface area contributed by atoms with E-state index in [2.05, 4.69) is 33.0 Å². The maximum Gasteiger partial charge on any atom is 0.319 e. The summed E-state index contributed by atoms with van der Waals surface area (Å²) in [7, 11) is 0. The van der Waals surface area contributed by atoms with E-state index < -0.39 is 0 Å². The Labute approximate surface area is 184 Å². The molecule has 3 atom stereocenters. The van der Waals surface area contributed by atoms with Gasteiger partial charge in [0.2, 0.25) is 0 Å². The Hall–Kier alpha value is -2.24. The van der Waals surface area contributed by atoms with Gasteiger partial charge >= 0.3 is 6.03 Å². The number of urea groups is 1. The van der Waals surface area contributed by atoms with Crippen LogP contribution in [0.3, 0.4) is 0 Å². The van der Waals surface area contributed by atoms with Crippen molar-refractivity contribution in [2.24, 2.45) is 0 Å². The molecular weight excluding hydrogens is 396 g/mol. The number of piperidine rings is 1. The van der Waals surface area contributed by atoms with Gasteiger partial charge in [0.1, 0.15) is 0 Å². The summed E-state index contributed by atoms with van der Waals surface area (Å²) in [6, 6.07) is 18.5. The molecule has 5 nitrogen and oxygen atoms in total. The molecule has 1 saturated heterocycles. The molecule has 2 aromatic carbocycles. The number of hydrogen-bond donors (Lipinski definition) is 3. The first-order valence-electron chi connectivity index (χ1n) is 11.1. The van der Waals surface area contributed by atoms with Crippen LogP contribution in [0.2, 0.25) is 5.02 Å². The number of benzene rings is 2. The van der Waals surface area contributed by atoms with E-state index in [0.717, 1.165) is 43.1 Å². The SMILES string of the molecule is O=C(Nc1ccccc1)N[C@@H]1CCCC[C@H]1N[C@H]1CCCN(c2ccc(Cl)cc2)C1. The number of para-hydroxylation sites is 1. The fourth-order valence-corrected chi connectivity index (χ4v) is 4.79. The van der Waals surface area contributed by atoms with Crippen molar-refractivity contribution in [1.82, 2.24) is 10.6 Å². The summed E-state index contributed by atoms with van der Waals surface area (Å²) in [5.74, 6) is 0. The molecule has 2 aromatic rings. The van der Waals surface area contributed by atoms with Gasteiger partial charge in [-0.3, -0.25) is 0 Å². The van der Waals surface area contributed by atoms with Crippen LogP contribution in [0.5, 0.6) is 0 Å². The molecule has 0 unspecified atom stereocenters. The molecule has 0 radical (unpaired) electrons. The highest BCUT2D eigenvalue weighted by atomic mass is 35.5. The first-order valence-corrected chi connectivity index (χ1v) is 11.4.